The van der Waals surface area contributed by atoms with E-state index in [1.54, 1.807) is 0 Å². The van der Waals surface area contributed by atoms with Crippen molar-refractivity contribution < 1.29 is 14.4 Å². The number of rotatable bonds is 9. The Bertz CT molecular complexity index is 983. The maximum atomic E-state index is 12.7. The highest BCUT2D eigenvalue weighted by atomic mass is 32.2. The molecule has 0 aromatic heterocycles. The van der Waals surface area contributed by atoms with Gasteiger partial charge < -0.3 is 20.4 Å². The minimum atomic E-state index is -0.382. The van der Waals surface area contributed by atoms with Crippen molar-refractivity contribution in [2.24, 2.45) is 0 Å². The minimum Gasteiger partial charge on any atom is -0.368 e. The predicted octanol–water partition coefficient (Wildman–Crippen LogP) is 1.58. The highest BCUT2D eigenvalue weighted by Gasteiger charge is 2.29. The van der Waals surface area contributed by atoms with Gasteiger partial charge in [-0.3, -0.25) is 19.7 Å². The monoisotopic (exact) mass is 495 g/mol. The van der Waals surface area contributed by atoms with E-state index < -0.39 is 0 Å². The Morgan fingerprint density at radius 2 is 1.66 bits per heavy atom. The standard InChI is InChI=1S/C26H33N5O3S/c32-23(27-12-11-20-7-3-1-4-8-20)17-21-18-24(33)29-26(28-21)35-19-25(34)31-15-13-30(14-16-31)22-9-5-2-6-10-22/h1-10,21,26,28H,11-19H2,(H,27,32)(H,29,33). The lowest BCUT2D eigenvalue weighted by atomic mass is 10.1. The second kappa shape index (κ2) is 12.6. The van der Waals surface area contributed by atoms with Crippen molar-refractivity contribution in [3.63, 3.8) is 0 Å². The lowest BCUT2D eigenvalue weighted by molar-refractivity contribution is -0.129. The number of benzene rings is 2. The van der Waals surface area contributed by atoms with E-state index in [1.807, 2.05) is 53.4 Å². The maximum absolute atomic E-state index is 12.7. The van der Waals surface area contributed by atoms with Crippen LogP contribution in [-0.2, 0) is 20.8 Å². The summed E-state index contributed by atoms with van der Waals surface area (Å²) in [6.45, 7) is 3.54. The topological polar surface area (TPSA) is 93.8 Å². The summed E-state index contributed by atoms with van der Waals surface area (Å²) in [5, 5.41) is 9.11. The third kappa shape index (κ3) is 7.73. The van der Waals surface area contributed by atoms with E-state index in [0.29, 0.717) is 19.6 Å². The lowest BCUT2D eigenvalue weighted by Gasteiger charge is -2.36. The quantitative estimate of drug-likeness (QED) is 0.489. The van der Waals surface area contributed by atoms with E-state index in [4.69, 9.17) is 0 Å². The first-order valence-electron chi connectivity index (χ1n) is 12.1. The fourth-order valence-electron chi connectivity index (χ4n) is 4.35. The van der Waals surface area contributed by atoms with Crippen LogP contribution in [0.15, 0.2) is 60.7 Å². The lowest BCUT2D eigenvalue weighted by Crippen LogP contribution is -2.56. The van der Waals surface area contributed by atoms with Gasteiger partial charge in [0, 0.05) is 57.3 Å². The average molecular weight is 496 g/mol. The van der Waals surface area contributed by atoms with E-state index in [0.717, 1.165) is 19.5 Å². The smallest absolute Gasteiger partial charge is 0.232 e. The largest absolute Gasteiger partial charge is 0.368 e. The summed E-state index contributed by atoms with van der Waals surface area (Å²) < 4.78 is 0. The normalized spacial score (nSPS) is 20.3. The van der Waals surface area contributed by atoms with Gasteiger partial charge in [0.1, 0.15) is 5.50 Å². The molecule has 2 saturated heterocycles. The van der Waals surface area contributed by atoms with Crippen LogP contribution in [-0.4, -0.2) is 72.6 Å². The molecule has 35 heavy (non-hydrogen) atoms. The van der Waals surface area contributed by atoms with Gasteiger partial charge in [0.25, 0.3) is 0 Å². The van der Waals surface area contributed by atoms with Gasteiger partial charge in [-0.1, -0.05) is 48.5 Å². The Morgan fingerprint density at radius 1 is 0.971 bits per heavy atom. The zero-order valence-corrected chi connectivity index (χ0v) is 20.6. The second-order valence-corrected chi connectivity index (χ2v) is 9.91. The minimum absolute atomic E-state index is 0.0690. The van der Waals surface area contributed by atoms with Crippen LogP contribution in [0.1, 0.15) is 18.4 Å². The molecule has 0 bridgehead atoms. The Balaban J connectivity index is 1.16. The van der Waals surface area contributed by atoms with Crippen molar-refractivity contribution in [1.82, 2.24) is 20.9 Å². The molecule has 8 nitrogen and oxygen atoms in total. The molecule has 2 aliphatic heterocycles. The molecular formula is C26H33N5O3S. The summed E-state index contributed by atoms with van der Waals surface area (Å²) in [6, 6.07) is 20.0. The van der Waals surface area contributed by atoms with E-state index in [-0.39, 0.29) is 47.9 Å². The molecule has 0 aliphatic carbocycles. The molecule has 2 atom stereocenters. The second-order valence-electron chi connectivity index (χ2n) is 8.82. The molecule has 2 heterocycles. The van der Waals surface area contributed by atoms with Crippen LogP contribution in [0, 0.1) is 0 Å². The van der Waals surface area contributed by atoms with Crippen molar-refractivity contribution in [3.8, 4) is 0 Å². The maximum Gasteiger partial charge on any atom is 0.232 e. The van der Waals surface area contributed by atoms with E-state index in [1.165, 1.54) is 23.0 Å². The molecule has 0 radical (unpaired) electrons. The number of nitrogens with one attached hydrogen (secondary N) is 3. The van der Waals surface area contributed by atoms with E-state index in [9.17, 15) is 14.4 Å². The van der Waals surface area contributed by atoms with E-state index >= 15 is 0 Å². The molecule has 2 aliphatic rings. The number of carbonyl (C=O) groups excluding carboxylic acids is 3. The van der Waals surface area contributed by atoms with Gasteiger partial charge in [0.15, 0.2) is 0 Å². The van der Waals surface area contributed by atoms with Crippen LogP contribution in [0.4, 0.5) is 5.69 Å². The SMILES string of the molecule is O=C(CC1CC(=O)NC(SCC(=O)N2CCN(c3ccccc3)CC2)N1)NCCc1ccccc1. The predicted molar refractivity (Wildman–Crippen MR) is 139 cm³/mol. The number of para-hydroxylation sites is 1. The molecule has 0 spiro atoms. The number of hydrogen-bond acceptors (Lipinski definition) is 6. The Hall–Kier alpha value is -3.04. The van der Waals surface area contributed by atoms with Crippen LogP contribution in [0.3, 0.4) is 0 Å². The van der Waals surface area contributed by atoms with Crippen LogP contribution in [0.25, 0.3) is 0 Å². The van der Waals surface area contributed by atoms with Gasteiger partial charge in [-0.2, -0.15) is 0 Å². The Morgan fingerprint density at radius 3 is 2.37 bits per heavy atom. The molecule has 186 valence electrons. The van der Waals surface area contributed by atoms with Gasteiger partial charge in [0.2, 0.25) is 17.7 Å². The van der Waals surface area contributed by atoms with Gasteiger partial charge in [-0.15, -0.1) is 11.8 Å². The van der Waals surface area contributed by atoms with Crippen molar-refractivity contribution in [1.29, 1.82) is 0 Å². The molecule has 2 unspecified atom stereocenters. The summed E-state index contributed by atoms with van der Waals surface area (Å²) in [5.74, 6) is 0.162. The number of anilines is 1. The molecule has 2 aromatic rings. The van der Waals surface area contributed by atoms with Crippen LogP contribution < -0.4 is 20.9 Å². The molecule has 2 aromatic carbocycles. The number of hydrogen-bond donors (Lipinski definition) is 3. The number of amides is 3. The first kappa shape index (κ1) is 25.1. The molecule has 4 rings (SSSR count). The van der Waals surface area contributed by atoms with Gasteiger partial charge >= 0.3 is 0 Å². The highest BCUT2D eigenvalue weighted by Crippen LogP contribution is 2.18. The number of nitrogens with zero attached hydrogens (tertiary/aromatic N) is 2. The van der Waals surface area contributed by atoms with Crippen LogP contribution in [0.2, 0.25) is 0 Å². The number of thioether (sulfide) groups is 1. The third-order valence-electron chi connectivity index (χ3n) is 6.25. The van der Waals surface area contributed by atoms with E-state index in [2.05, 4.69) is 33.0 Å². The summed E-state index contributed by atoms with van der Waals surface area (Å²) in [4.78, 5) is 41.5. The average Bonchev–Trinajstić information content (AvgIpc) is 2.88. The highest BCUT2D eigenvalue weighted by molar-refractivity contribution is 8.00. The fraction of sp³-hybridized carbons (Fsp3) is 0.423. The zero-order valence-electron chi connectivity index (χ0n) is 19.8. The van der Waals surface area contributed by atoms with Gasteiger partial charge in [-0.05, 0) is 24.1 Å². The first-order valence-corrected chi connectivity index (χ1v) is 13.2. The molecule has 3 amide bonds. The fourth-order valence-corrected chi connectivity index (χ4v) is 5.35. The summed E-state index contributed by atoms with van der Waals surface area (Å²) in [5.41, 5.74) is 1.97. The number of carbonyl (C=O) groups is 3. The molecular weight excluding hydrogens is 462 g/mol. The van der Waals surface area contributed by atoms with Crippen LogP contribution >= 0.6 is 11.8 Å². The molecule has 0 saturated carbocycles. The first-order chi connectivity index (χ1) is 17.1. The summed E-state index contributed by atoms with van der Waals surface area (Å²) >= 11 is 1.37. The molecule has 9 heteroatoms. The summed E-state index contributed by atoms with van der Waals surface area (Å²) in [7, 11) is 0. The number of piperazine rings is 1. The van der Waals surface area contributed by atoms with Gasteiger partial charge in [-0.25, -0.2) is 0 Å². The third-order valence-corrected chi connectivity index (χ3v) is 7.25. The van der Waals surface area contributed by atoms with Crippen molar-refractivity contribution in [2.75, 3.05) is 43.4 Å². The summed E-state index contributed by atoms with van der Waals surface area (Å²) in [6.07, 6.45) is 1.25. The Labute approximate surface area is 210 Å². The zero-order chi connectivity index (χ0) is 24.5. The van der Waals surface area contributed by atoms with Crippen molar-refractivity contribution >= 4 is 35.2 Å². The van der Waals surface area contributed by atoms with Crippen LogP contribution in [0.5, 0.6) is 0 Å². The van der Waals surface area contributed by atoms with Crippen molar-refractivity contribution in [3.05, 3.63) is 66.2 Å². The van der Waals surface area contributed by atoms with Gasteiger partial charge in [0.05, 0.1) is 5.75 Å². The van der Waals surface area contributed by atoms with Crippen molar-refractivity contribution in [2.45, 2.75) is 30.8 Å². The molecule has 2 fully saturated rings. The molecule has 3 N–H and O–H groups in total. The Kier molecular flexibility index (Phi) is 9.02.